The summed E-state index contributed by atoms with van der Waals surface area (Å²) >= 11 is 0. The van der Waals surface area contributed by atoms with E-state index in [4.69, 9.17) is 4.89 Å². The third kappa shape index (κ3) is 21.4. The number of hydrogen-bond donors (Lipinski definition) is 1. The maximum atomic E-state index is 10.5. The van der Waals surface area contributed by atoms with Gasteiger partial charge >= 0.3 is 29.6 Å². The quantitative estimate of drug-likeness (QED) is 0.319. The van der Waals surface area contributed by atoms with Gasteiger partial charge in [-0.15, -0.1) is 0 Å². The normalized spacial score (nSPS) is 17.4. The van der Waals surface area contributed by atoms with E-state index in [1.807, 2.05) is 0 Å². The average Bonchev–Trinajstić information content (AvgIpc) is 2.45. The van der Waals surface area contributed by atoms with Gasteiger partial charge in [-0.1, -0.05) is 92.4 Å². The molecule has 152 valence electrons. The molecule has 6 heteroatoms. The Bertz CT molecular complexity index is 360. The van der Waals surface area contributed by atoms with Crippen molar-refractivity contribution < 1.29 is 48.4 Å². The molecule has 1 N–H and O–H groups in total. The molecule has 26 heavy (non-hydrogen) atoms. The molecular weight excluding hydrogens is 358 g/mol. The summed E-state index contributed by atoms with van der Waals surface area (Å²) in [5, 5.41) is 0. The zero-order valence-corrected chi connectivity index (χ0v) is 21.1. The van der Waals surface area contributed by atoms with E-state index >= 15 is 0 Å². The minimum Gasteiger partial charge on any atom is -0.756 e. The Labute approximate surface area is 184 Å². The van der Waals surface area contributed by atoms with Crippen molar-refractivity contribution in [3.05, 3.63) is 0 Å². The summed E-state index contributed by atoms with van der Waals surface area (Å²) in [4.78, 5) is 19.1. The molecule has 0 heterocycles. The van der Waals surface area contributed by atoms with Gasteiger partial charge in [-0.3, -0.25) is 4.57 Å². The fourth-order valence-corrected chi connectivity index (χ4v) is 3.64. The zero-order chi connectivity index (χ0) is 19.3. The minimum atomic E-state index is -4.55. The first kappa shape index (κ1) is 29.3. The van der Waals surface area contributed by atoms with Gasteiger partial charge in [0.15, 0.2) is 0 Å². The molecule has 0 saturated heterocycles. The Balaban J connectivity index is 0. The van der Waals surface area contributed by atoms with E-state index < -0.39 is 7.82 Å². The maximum Gasteiger partial charge on any atom is 1.00 e. The van der Waals surface area contributed by atoms with Gasteiger partial charge in [-0.25, -0.2) is 0 Å². The molecule has 0 saturated carbocycles. The second-order valence-corrected chi connectivity index (χ2v) is 9.79. The number of hydrogen-bond acceptors (Lipinski definition) is 3. The van der Waals surface area contributed by atoms with Gasteiger partial charge in [-0.05, 0) is 30.1 Å². The van der Waals surface area contributed by atoms with E-state index in [-0.39, 0.29) is 36.2 Å². The predicted octanol–water partition coefficient (Wildman–Crippen LogP) is 2.93. The molecule has 0 aromatic carbocycles. The molecule has 0 aliphatic carbocycles. The van der Waals surface area contributed by atoms with Crippen LogP contribution in [0.1, 0.15) is 98.8 Å². The second-order valence-electron chi connectivity index (χ2n) is 8.59. The third-order valence-electron chi connectivity index (χ3n) is 5.13. The maximum absolute atomic E-state index is 10.5. The van der Waals surface area contributed by atoms with Gasteiger partial charge in [0.1, 0.15) is 0 Å². The molecule has 0 aliphatic heterocycles. The first-order valence-electron chi connectivity index (χ1n) is 10.3. The zero-order valence-electron chi connectivity index (χ0n) is 18.2. The van der Waals surface area contributed by atoms with E-state index in [2.05, 4.69) is 39.1 Å². The SMILES string of the molecule is CC(C)CCC[C@@H](C)CCC[C@@H](C)CCC[C@@H](C)CCOP(=O)([O-])O.[Na+]. The van der Waals surface area contributed by atoms with E-state index in [0.29, 0.717) is 12.3 Å². The Morgan fingerprint density at radius 1 is 0.769 bits per heavy atom. The Morgan fingerprint density at radius 2 is 1.12 bits per heavy atom. The molecule has 4 nitrogen and oxygen atoms in total. The van der Waals surface area contributed by atoms with Crippen LogP contribution >= 0.6 is 7.82 Å². The van der Waals surface area contributed by atoms with Crippen LogP contribution in [0.3, 0.4) is 0 Å². The van der Waals surface area contributed by atoms with Crippen molar-refractivity contribution >= 4 is 7.82 Å². The molecule has 0 radical (unpaired) electrons. The Hall–Kier alpha value is 1.11. The average molecular weight is 401 g/mol. The van der Waals surface area contributed by atoms with Crippen LogP contribution < -0.4 is 34.5 Å². The van der Waals surface area contributed by atoms with Crippen molar-refractivity contribution in [2.75, 3.05) is 6.61 Å². The van der Waals surface area contributed by atoms with Gasteiger partial charge in [0, 0.05) is 0 Å². The van der Waals surface area contributed by atoms with Gasteiger partial charge in [-0.2, -0.15) is 0 Å². The molecule has 1 unspecified atom stereocenters. The third-order valence-corrected chi connectivity index (χ3v) is 5.64. The van der Waals surface area contributed by atoms with Crippen LogP contribution in [0.15, 0.2) is 0 Å². The van der Waals surface area contributed by atoms with Gasteiger partial charge < -0.3 is 14.3 Å². The van der Waals surface area contributed by atoms with Crippen LogP contribution in [-0.2, 0) is 9.09 Å². The molecule has 0 aromatic heterocycles. The van der Waals surface area contributed by atoms with E-state index in [9.17, 15) is 9.46 Å². The molecule has 0 fully saturated rings. The van der Waals surface area contributed by atoms with Gasteiger partial charge in [0.25, 0.3) is 7.82 Å². The summed E-state index contributed by atoms with van der Waals surface area (Å²) < 4.78 is 14.9. The molecule has 4 atom stereocenters. The standard InChI is InChI=1S/C20H43O4P.Na/c1-17(2)9-6-10-18(3)11-7-12-19(4)13-8-14-20(5)15-16-24-25(21,22)23;/h17-20H,6-16H2,1-5H3,(H2,21,22,23);/q;+1/p-1/t18-,19-,20-;/m1./s1. The van der Waals surface area contributed by atoms with Crippen molar-refractivity contribution in [3.8, 4) is 0 Å². The van der Waals surface area contributed by atoms with E-state index in [1.54, 1.807) is 0 Å². The minimum absolute atomic E-state index is 0. The van der Waals surface area contributed by atoms with Crippen LogP contribution in [0.25, 0.3) is 0 Å². The van der Waals surface area contributed by atoms with Gasteiger partial charge in [0.05, 0.1) is 6.61 Å². The monoisotopic (exact) mass is 400 g/mol. The molecule has 0 spiro atoms. The molecule has 0 amide bonds. The number of rotatable bonds is 16. The second kappa shape index (κ2) is 17.0. The Kier molecular flexibility index (Phi) is 19.2. The van der Waals surface area contributed by atoms with Crippen LogP contribution in [0.4, 0.5) is 0 Å². The number of phosphoric ester groups is 1. The van der Waals surface area contributed by atoms with E-state index in [0.717, 1.165) is 24.2 Å². The summed E-state index contributed by atoms with van der Waals surface area (Å²) in [7, 11) is -4.55. The first-order valence-corrected chi connectivity index (χ1v) is 11.8. The van der Waals surface area contributed by atoms with Crippen LogP contribution in [0.2, 0.25) is 0 Å². The fourth-order valence-electron chi connectivity index (χ4n) is 3.31. The van der Waals surface area contributed by atoms with Crippen molar-refractivity contribution in [2.24, 2.45) is 23.7 Å². The summed E-state index contributed by atoms with van der Waals surface area (Å²) in [6.45, 7) is 11.5. The van der Waals surface area contributed by atoms with E-state index in [1.165, 1.54) is 51.4 Å². The van der Waals surface area contributed by atoms with Crippen molar-refractivity contribution in [2.45, 2.75) is 98.8 Å². The summed E-state index contributed by atoms with van der Waals surface area (Å²) in [5.74, 6) is 2.88. The first-order chi connectivity index (χ1) is 11.6. The largest absolute Gasteiger partial charge is 1.00 e. The fraction of sp³-hybridized carbons (Fsp3) is 1.00. The van der Waals surface area contributed by atoms with Crippen molar-refractivity contribution in [1.82, 2.24) is 0 Å². The molecule has 0 aliphatic rings. The van der Waals surface area contributed by atoms with Crippen LogP contribution in [0.5, 0.6) is 0 Å². The Morgan fingerprint density at radius 3 is 1.46 bits per heavy atom. The van der Waals surface area contributed by atoms with Crippen LogP contribution in [-0.4, -0.2) is 11.5 Å². The predicted molar refractivity (Wildman–Crippen MR) is 104 cm³/mol. The van der Waals surface area contributed by atoms with Crippen LogP contribution in [0, 0.1) is 23.7 Å². The molecule has 0 rings (SSSR count). The summed E-state index contributed by atoms with van der Waals surface area (Å²) in [5.41, 5.74) is 0. The van der Waals surface area contributed by atoms with Crippen molar-refractivity contribution in [1.29, 1.82) is 0 Å². The molecule has 0 aromatic rings. The smallest absolute Gasteiger partial charge is 0.756 e. The summed E-state index contributed by atoms with van der Waals surface area (Å²) in [6, 6.07) is 0. The molecule has 0 bridgehead atoms. The van der Waals surface area contributed by atoms with Crippen molar-refractivity contribution in [3.63, 3.8) is 0 Å². The molecular formula is C20H42NaO4P. The topological polar surface area (TPSA) is 69.6 Å². The van der Waals surface area contributed by atoms with Gasteiger partial charge in [0.2, 0.25) is 0 Å². The number of phosphoric acid groups is 1. The summed E-state index contributed by atoms with van der Waals surface area (Å²) in [6.07, 6.45) is 12.3.